The zero-order valence-corrected chi connectivity index (χ0v) is 27.3. The van der Waals surface area contributed by atoms with Crippen molar-refractivity contribution in [3.63, 3.8) is 0 Å². The first kappa shape index (κ1) is 28.8. The SMILES string of the molecule is C1=CCC(C2=NC(c3cc(-c4ccccc4)cc4c3oc3ccccc34)N=C(c3cc(C4C=CC=CC4)cc4c3oc3ccccc34)N2)C=C1. The quantitative estimate of drug-likeness (QED) is 0.202. The first-order valence-electron chi connectivity index (χ1n) is 17.3. The lowest BCUT2D eigenvalue weighted by atomic mass is 9.89. The van der Waals surface area contributed by atoms with E-state index in [1.54, 1.807) is 0 Å². The number of fused-ring (bicyclic) bond motifs is 6. The average molecular weight is 648 g/mol. The number of para-hydroxylation sites is 2. The normalized spacial score (nSPS) is 20.1. The number of nitrogens with one attached hydrogen (secondary N) is 1. The first-order valence-corrected chi connectivity index (χ1v) is 17.3. The minimum atomic E-state index is -0.548. The highest BCUT2D eigenvalue weighted by Gasteiger charge is 2.29. The molecule has 3 atom stereocenters. The number of rotatable bonds is 5. The van der Waals surface area contributed by atoms with Crippen molar-refractivity contribution < 1.29 is 8.83 Å². The summed E-state index contributed by atoms with van der Waals surface area (Å²) in [5, 5.41) is 8.05. The third-order valence-corrected chi connectivity index (χ3v) is 10.1. The minimum Gasteiger partial charge on any atom is -0.456 e. The third-order valence-electron chi connectivity index (χ3n) is 10.1. The van der Waals surface area contributed by atoms with E-state index in [0.717, 1.165) is 90.6 Å². The summed E-state index contributed by atoms with van der Waals surface area (Å²) < 4.78 is 13.3. The van der Waals surface area contributed by atoms with Crippen LogP contribution in [-0.4, -0.2) is 11.7 Å². The van der Waals surface area contributed by atoms with Crippen LogP contribution in [0.15, 0.2) is 171 Å². The van der Waals surface area contributed by atoms with E-state index < -0.39 is 6.17 Å². The van der Waals surface area contributed by atoms with Crippen LogP contribution in [0.25, 0.3) is 55.0 Å². The predicted molar refractivity (Wildman–Crippen MR) is 205 cm³/mol. The van der Waals surface area contributed by atoms with Crippen molar-refractivity contribution in [2.45, 2.75) is 24.9 Å². The molecule has 2 aromatic heterocycles. The van der Waals surface area contributed by atoms with Crippen LogP contribution >= 0.6 is 0 Å². The summed E-state index contributed by atoms with van der Waals surface area (Å²) >= 11 is 0. The zero-order chi connectivity index (χ0) is 33.0. The predicted octanol–water partition coefficient (Wildman–Crippen LogP) is 11.3. The molecule has 0 bridgehead atoms. The topological polar surface area (TPSA) is 63.0 Å². The number of amidine groups is 2. The Balaban J connectivity index is 1.22. The number of benzene rings is 5. The highest BCUT2D eigenvalue weighted by molar-refractivity contribution is 6.19. The molecule has 5 heteroatoms. The monoisotopic (exact) mass is 647 g/mol. The largest absolute Gasteiger partial charge is 0.456 e. The summed E-state index contributed by atoms with van der Waals surface area (Å²) in [6.07, 6.45) is 18.7. The van der Waals surface area contributed by atoms with Crippen molar-refractivity contribution in [1.29, 1.82) is 0 Å². The summed E-state index contributed by atoms with van der Waals surface area (Å²) in [5.41, 5.74) is 8.68. The van der Waals surface area contributed by atoms with Gasteiger partial charge in [-0.05, 0) is 65.9 Å². The molecule has 2 aliphatic carbocycles. The Hall–Kier alpha value is -6.20. The van der Waals surface area contributed by atoms with E-state index in [0.29, 0.717) is 0 Å². The van der Waals surface area contributed by atoms with E-state index in [4.69, 9.17) is 18.8 Å². The third kappa shape index (κ3) is 4.85. The van der Waals surface area contributed by atoms with Crippen molar-refractivity contribution in [3.05, 3.63) is 168 Å². The maximum absolute atomic E-state index is 6.65. The molecular weight excluding hydrogens is 615 g/mol. The van der Waals surface area contributed by atoms with Gasteiger partial charge in [-0.3, -0.25) is 0 Å². The molecule has 0 amide bonds. The summed E-state index contributed by atoms with van der Waals surface area (Å²) in [6.45, 7) is 0. The molecule has 5 nitrogen and oxygen atoms in total. The lowest BCUT2D eigenvalue weighted by Crippen LogP contribution is -2.39. The maximum Gasteiger partial charge on any atom is 0.173 e. The van der Waals surface area contributed by atoms with Gasteiger partial charge >= 0.3 is 0 Å². The van der Waals surface area contributed by atoms with Crippen molar-refractivity contribution in [2.75, 3.05) is 0 Å². The van der Waals surface area contributed by atoms with Gasteiger partial charge in [0, 0.05) is 38.9 Å². The van der Waals surface area contributed by atoms with Gasteiger partial charge < -0.3 is 14.2 Å². The molecule has 50 heavy (non-hydrogen) atoms. The second-order valence-corrected chi connectivity index (χ2v) is 13.3. The molecule has 10 rings (SSSR count). The van der Waals surface area contributed by atoms with Gasteiger partial charge in [0.05, 0.1) is 5.56 Å². The van der Waals surface area contributed by atoms with Gasteiger partial charge in [-0.1, -0.05) is 115 Å². The molecule has 5 aromatic carbocycles. The fourth-order valence-electron chi connectivity index (χ4n) is 7.63. The molecule has 0 radical (unpaired) electrons. The molecule has 3 aliphatic rings. The molecule has 1 aliphatic heterocycles. The molecule has 1 N–H and O–H groups in total. The maximum atomic E-state index is 6.65. The fraction of sp³-hybridized carbons (Fsp3) is 0.111. The van der Waals surface area contributed by atoms with Crippen molar-refractivity contribution >= 4 is 55.5 Å². The van der Waals surface area contributed by atoms with E-state index in [9.17, 15) is 0 Å². The van der Waals surface area contributed by atoms with Crippen molar-refractivity contribution in [3.8, 4) is 11.1 Å². The second kappa shape index (κ2) is 11.7. The Labute approximate surface area is 289 Å². The smallest absolute Gasteiger partial charge is 0.173 e. The Morgan fingerprint density at radius 2 is 1.22 bits per heavy atom. The van der Waals surface area contributed by atoms with Crippen LogP contribution in [0.1, 0.15) is 41.6 Å². The van der Waals surface area contributed by atoms with E-state index >= 15 is 0 Å². The summed E-state index contributed by atoms with van der Waals surface area (Å²) in [7, 11) is 0. The number of nitrogens with zero attached hydrogens (tertiary/aromatic N) is 2. The van der Waals surface area contributed by atoms with Gasteiger partial charge in [-0.15, -0.1) is 0 Å². The summed E-state index contributed by atoms with van der Waals surface area (Å²) in [6, 6.07) is 36.0. The Morgan fingerprint density at radius 3 is 1.94 bits per heavy atom. The van der Waals surface area contributed by atoms with Crippen molar-refractivity contribution in [1.82, 2.24) is 5.32 Å². The summed E-state index contributed by atoms with van der Waals surface area (Å²) in [5.74, 6) is 1.97. The van der Waals surface area contributed by atoms with Crippen LogP contribution in [0.5, 0.6) is 0 Å². The highest BCUT2D eigenvalue weighted by atomic mass is 16.3. The fourth-order valence-corrected chi connectivity index (χ4v) is 7.63. The van der Waals surface area contributed by atoms with Crippen LogP contribution in [0, 0.1) is 5.92 Å². The van der Waals surface area contributed by atoms with E-state index in [1.165, 1.54) is 5.56 Å². The Kier molecular flexibility index (Phi) is 6.76. The lowest BCUT2D eigenvalue weighted by molar-refractivity contribution is 0.645. The molecule has 3 heterocycles. The van der Waals surface area contributed by atoms with Crippen LogP contribution < -0.4 is 5.32 Å². The summed E-state index contributed by atoms with van der Waals surface area (Å²) in [4.78, 5) is 10.8. The Morgan fingerprint density at radius 1 is 0.560 bits per heavy atom. The zero-order valence-electron chi connectivity index (χ0n) is 27.3. The Bertz CT molecular complexity index is 2650. The minimum absolute atomic E-state index is 0.0808. The van der Waals surface area contributed by atoms with Crippen LogP contribution in [0.2, 0.25) is 0 Å². The van der Waals surface area contributed by atoms with Crippen molar-refractivity contribution in [2.24, 2.45) is 15.9 Å². The molecule has 0 saturated carbocycles. The van der Waals surface area contributed by atoms with E-state index in [2.05, 4.69) is 133 Å². The molecule has 0 spiro atoms. The van der Waals surface area contributed by atoms with Gasteiger partial charge in [-0.25, -0.2) is 9.98 Å². The molecule has 0 fully saturated rings. The van der Waals surface area contributed by atoms with E-state index in [-0.39, 0.29) is 11.8 Å². The van der Waals surface area contributed by atoms with Gasteiger partial charge in [0.1, 0.15) is 34.0 Å². The lowest BCUT2D eigenvalue weighted by Gasteiger charge is -2.27. The molecule has 240 valence electrons. The van der Waals surface area contributed by atoms with Crippen LogP contribution in [-0.2, 0) is 0 Å². The number of hydrogen-bond donors (Lipinski definition) is 1. The van der Waals surface area contributed by atoms with Crippen LogP contribution in [0.4, 0.5) is 0 Å². The number of hydrogen-bond acceptors (Lipinski definition) is 5. The molecule has 3 unspecified atom stereocenters. The van der Waals surface area contributed by atoms with E-state index in [1.807, 2.05) is 24.3 Å². The molecule has 7 aromatic rings. The van der Waals surface area contributed by atoms with Crippen LogP contribution in [0.3, 0.4) is 0 Å². The highest BCUT2D eigenvalue weighted by Crippen LogP contribution is 2.41. The first-order chi connectivity index (χ1) is 24.8. The number of allylic oxidation sites excluding steroid dienone is 7. The van der Waals surface area contributed by atoms with Gasteiger partial charge in [0.2, 0.25) is 0 Å². The molecular formula is C45H33N3O2. The van der Waals surface area contributed by atoms with Gasteiger partial charge in [0.15, 0.2) is 6.17 Å². The van der Waals surface area contributed by atoms with Gasteiger partial charge in [-0.2, -0.15) is 0 Å². The second-order valence-electron chi connectivity index (χ2n) is 13.3. The van der Waals surface area contributed by atoms with Gasteiger partial charge in [0.25, 0.3) is 0 Å². The number of aliphatic imine (C=N–C) groups is 2. The average Bonchev–Trinajstić information content (AvgIpc) is 3.76. The number of furan rings is 2. The standard InChI is InChI=1S/C45H33N3O2/c1-4-14-28(15-5-1)31-24-35-33-20-10-12-22-39(33)49-41(35)37(26-31)44-46-43(30-18-8-3-9-19-30)47-45(48-44)38-27-32(29-16-6-2-7-17-29)25-36-34-21-11-13-23-40(34)50-42(36)38/h1-16,18,20-27,29-30,44H,17,19H2,(H,46,47,48). The molecule has 0 saturated heterocycles.